The molecule has 2 rings (SSSR count). The van der Waals surface area contributed by atoms with Crippen molar-refractivity contribution < 1.29 is 17.7 Å². The van der Waals surface area contributed by atoms with Crippen molar-refractivity contribution in [3.8, 4) is 0 Å². The lowest BCUT2D eigenvalue weighted by molar-refractivity contribution is 0.251. The quantitative estimate of drug-likeness (QED) is 0.841. The van der Waals surface area contributed by atoms with Crippen LogP contribution in [0.15, 0.2) is 33.3 Å². The van der Waals surface area contributed by atoms with Crippen LogP contribution in [0, 0.1) is 0 Å². The molecule has 0 bridgehead atoms. The van der Waals surface area contributed by atoms with Crippen LogP contribution in [0.25, 0.3) is 0 Å². The Bertz CT molecular complexity index is 459. The minimum Gasteiger partial charge on any atom is -0.464 e. The second-order valence-electron chi connectivity index (χ2n) is 3.52. The molecule has 2 heterocycles. The topological polar surface area (TPSA) is 51.2 Å². The van der Waals surface area contributed by atoms with Gasteiger partial charge in [-0.2, -0.15) is 8.78 Å². The normalized spacial score (nSPS) is 11.3. The highest BCUT2D eigenvalue weighted by Crippen LogP contribution is 2.21. The van der Waals surface area contributed by atoms with Crippen LogP contribution in [0.3, 0.4) is 0 Å². The van der Waals surface area contributed by atoms with E-state index >= 15 is 0 Å². The van der Waals surface area contributed by atoms with E-state index < -0.39 is 5.76 Å². The van der Waals surface area contributed by atoms with E-state index in [0.29, 0.717) is 36.4 Å². The highest BCUT2D eigenvalue weighted by molar-refractivity contribution is 7.98. The number of hydrogen-bond donors (Lipinski definition) is 1. The summed E-state index contributed by atoms with van der Waals surface area (Å²) in [4.78, 5) is 0. The Hall–Kier alpha value is -1.34. The van der Waals surface area contributed by atoms with Gasteiger partial charge in [0, 0.05) is 6.07 Å². The summed E-state index contributed by atoms with van der Waals surface area (Å²) < 4.78 is 34.3. The first-order chi connectivity index (χ1) is 8.74. The van der Waals surface area contributed by atoms with E-state index in [-0.39, 0.29) is 5.75 Å². The van der Waals surface area contributed by atoms with E-state index in [9.17, 15) is 8.78 Å². The molecule has 0 aliphatic rings. The third kappa shape index (κ3) is 4.15. The largest absolute Gasteiger partial charge is 0.464 e. The van der Waals surface area contributed by atoms with E-state index in [0.717, 1.165) is 5.76 Å². The van der Waals surface area contributed by atoms with Gasteiger partial charge >= 0.3 is 0 Å². The Morgan fingerprint density at radius 1 is 1.17 bits per heavy atom. The van der Waals surface area contributed by atoms with Crippen molar-refractivity contribution in [2.75, 3.05) is 0 Å². The Morgan fingerprint density at radius 3 is 2.67 bits per heavy atom. The molecule has 18 heavy (non-hydrogen) atoms. The summed E-state index contributed by atoms with van der Waals surface area (Å²) in [5, 5.41) is 6.68. The second-order valence-corrected chi connectivity index (χ2v) is 4.50. The van der Waals surface area contributed by atoms with Crippen LogP contribution in [-0.4, -0.2) is 10.9 Å². The fourth-order valence-electron chi connectivity index (χ4n) is 1.38. The van der Waals surface area contributed by atoms with E-state index in [1.54, 1.807) is 24.4 Å². The summed E-state index contributed by atoms with van der Waals surface area (Å²) in [6, 6.07) is 5.25. The van der Waals surface area contributed by atoms with Gasteiger partial charge in [0.05, 0.1) is 25.0 Å². The van der Waals surface area contributed by atoms with Crippen LogP contribution < -0.4 is 5.32 Å². The maximum Gasteiger partial charge on any atom is 0.284 e. The summed E-state index contributed by atoms with van der Waals surface area (Å²) in [5.41, 5.74) is 0. The molecule has 0 unspecified atom stereocenters. The standard InChI is InChI=1S/C11H12F2N2O2S/c12-11(13)18-7-10-2-1-8(16-10)5-14-6-9-3-4-15-17-9/h1-4,11,14H,5-7H2. The first kappa shape index (κ1) is 13.1. The van der Waals surface area contributed by atoms with Crippen LogP contribution >= 0.6 is 11.8 Å². The van der Waals surface area contributed by atoms with Crippen LogP contribution in [0.2, 0.25) is 0 Å². The van der Waals surface area contributed by atoms with E-state index in [1.807, 2.05) is 0 Å². The fraction of sp³-hybridized carbons (Fsp3) is 0.364. The average Bonchev–Trinajstić information content (AvgIpc) is 2.97. The molecule has 0 aliphatic heterocycles. The monoisotopic (exact) mass is 274 g/mol. The number of aromatic nitrogens is 1. The molecule has 2 aromatic heterocycles. The molecule has 0 saturated heterocycles. The number of nitrogens with zero attached hydrogens (tertiary/aromatic N) is 1. The molecular formula is C11H12F2N2O2S. The molecule has 0 atom stereocenters. The SMILES string of the molecule is FC(F)SCc1ccc(CNCc2ccno2)o1. The molecule has 1 N–H and O–H groups in total. The molecule has 4 nitrogen and oxygen atoms in total. The zero-order valence-electron chi connectivity index (χ0n) is 9.44. The lowest BCUT2D eigenvalue weighted by Crippen LogP contribution is -2.11. The minimum absolute atomic E-state index is 0.180. The first-order valence-corrected chi connectivity index (χ1v) is 6.36. The lowest BCUT2D eigenvalue weighted by atomic mass is 10.4. The molecule has 0 saturated carbocycles. The van der Waals surface area contributed by atoms with Gasteiger partial charge < -0.3 is 14.3 Å². The minimum atomic E-state index is -2.37. The molecule has 7 heteroatoms. The van der Waals surface area contributed by atoms with Crippen LogP contribution in [0.5, 0.6) is 0 Å². The van der Waals surface area contributed by atoms with Crippen LogP contribution in [0.1, 0.15) is 17.3 Å². The van der Waals surface area contributed by atoms with Gasteiger partial charge in [-0.15, -0.1) is 0 Å². The Morgan fingerprint density at radius 2 is 1.94 bits per heavy atom. The van der Waals surface area contributed by atoms with Crippen molar-refractivity contribution in [3.63, 3.8) is 0 Å². The van der Waals surface area contributed by atoms with Gasteiger partial charge in [-0.1, -0.05) is 16.9 Å². The van der Waals surface area contributed by atoms with Crippen molar-refractivity contribution >= 4 is 11.8 Å². The second kappa shape index (κ2) is 6.55. The maximum atomic E-state index is 12.0. The van der Waals surface area contributed by atoms with E-state index in [4.69, 9.17) is 8.94 Å². The number of furan rings is 1. The Balaban J connectivity index is 1.73. The smallest absolute Gasteiger partial charge is 0.284 e. The number of nitrogens with one attached hydrogen (secondary N) is 1. The molecule has 0 amide bonds. The molecule has 0 radical (unpaired) electrons. The fourth-order valence-corrected chi connectivity index (χ4v) is 1.83. The summed E-state index contributed by atoms with van der Waals surface area (Å²) in [6.07, 6.45) is 1.57. The van der Waals surface area contributed by atoms with Gasteiger partial charge in [-0.25, -0.2) is 0 Å². The van der Waals surface area contributed by atoms with E-state index in [1.165, 1.54) is 0 Å². The zero-order chi connectivity index (χ0) is 12.8. The van der Waals surface area contributed by atoms with Crippen molar-refractivity contribution in [2.45, 2.75) is 24.6 Å². The molecule has 0 fully saturated rings. The van der Waals surface area contributed by atoms with Crippen molar-refractivity contribution in [2.24, 2.45) is 0 Å². The first-order valence-electron chi connectivity index (χ1n) is 5.31. The molecule has 98 valence electrons. The predicted molar refractivity (Wildman–Crippen MR) is 63.1 cm³/mol. The van der Waals surface area contributed by atoms with Crippen molar-refractivity contribution in [1.82, 2.24) is 10.5 Å². The Kier molecular flexibility index (Phi) is 4.77. The summed E-state index contributed by atoms with van der Waals surface area (Å²) in [6.45, 7) is 1.06. The average molecular weight is 274 g/mol. The third-order valence-corrected chi connectivity index (χ3v) is 2.86. The summed E-state index contributed by atoms with van der Waals surface area (Å²) in [5.74, 6) is -0.200. The van der Waals surface area contributed by atoms with Crippen LogP contribution in [0.4, 0.5) is 8.78 Å². The number of halogens is 2. The molecule has 0 spiro atoms. The van der Waals surface area contributed by atoms with Gasteiger partial charge in [0.2, 0.25) is 0 Å². The van der Waals surface area contributed by atoms with Gasteiger partial charge in [0.25, 0.3) is 5.76 Å². The van der Waals surface area contributed by atoms with Crippen LogP contribution in [-0.2, 0) is 18.8 Å². The maximum absolute atomic E-state index is 12.0. The molecular weight excluding hydrogens is 262 g/mol. The highest BCUT2D eigenvalue weighted by Gasteiger charge is 2.07. The number of rotatable bonds is 7. The Labute approximate surface area is 107 Å². The summed E-state index contributed by atoms with van der Waals surface area (Å²) >= 11 is 0.549. The predicted octanol–water partition coefficient (Wildman–Crippen LogP) is 3.01. The number of hydrogen-bond acceptors (Lipinski definition) is 5. The lowest BCUT2D eigenvalue weighted by Gasteiger charge is -1.99. The van der Waals surface area contributed by atoms with Crippen molar-refractivity contribution in [1.29, 1.82) is 0 Å². The highest BCUT2D eigenvalue weighted by atomic mass is 32.2. The number of thioether (sulfide) groups is 1. The van der Waals surface area contributed by atoms with E-state index in [2.05, 4.69) is 10.5 Å². The third-order valence-electron chi connectivity index (χ3n) is 2.16. The van der Waals surface area contributed by atoms with Gasteiger partial charge in [0.15, 0.2) is 0 Å². The van der Waals surface area contributed by atoms with Gasteiger partial charge in [-0.3, -0.25) is 0 Å². The van der Waals surface area contributed by atoms with Crippen molar-refractivity contribution in [3.05, 3.63) is 41.7 Å². The van der Waals surface area contributed by atoms with Gasteiger partial charge in [-0.05, 0) is 12.1 Å². The zero-order valence-corrected chi connectivity index (χ0v) is 10.3. The van der Waals surface area contributed by atoms with Gasteiger partial charge in [0.1, 0.15) is 17.3 Å². The molecule has 2 aromatic rings. The molecule has 0 aromatic carbocycles. The summed E-state index contributed by atoms with van der Waals surface area (Å²) in [7, 11) is 0. The molecule has 0 aliphatic carbocycles. The number of alkyl halides is 2.